The number of carbonyl (C=O) groups is 1. The first-order valence-electron chi connectivity index (χ1n) is 7.11. The molecule has 0 unspecified atom stereocenters. The second-order valence-corrected chi connectivity index (χ2v) is 6.80. The molecule has 119 valence electrons. The maximum atomic E-state index is 11.7. The van der Waals surface area contributed by atoms with Crippen LogP contribution < -0.4 is 0 Å². The van der Waals surface area contributed by atoms with Crippen LogP contribution in [0.15, 0.2) is 35.2 Å². The molecule has 0 aromatic heterocycles. The smallest absolute Gasteiger partial charge is 0.281 e. The number of carbonyl (C=O) groups excluding carboxylic acids is 1. The molecule has 1 aromatic carbocycles. The molecule has 0 aliphatic carbocycles. The molecule has 0 fully saturated rings. The Morgan fingerprint density at radius 3 is 2.32 bits per heavy atom. The zero-order chi connectivity index (χ0) is 15.7. The molecule has 7 heteroatoms. The van der Waals surface area contributed by atoms with Crippen molar-refractivity contribution in [2.24, 2.45) is 5.92 Å². The van der Waals surface area contributed by atoms with Gasteiger partial charge in [0.15, 0.2) is 0 Å². The van der Waals surface area contributed by atoms with Crippen LogP contribution in [-0.4, -0.2) is 43.9 Å². The van der Waals surface area contributed by atoms with E-state index in [1.54, 1.807) is 18.2 Å². The van der Waals surface area contributed by atoms with E-state index in [1.807, 2.05) is 0 Å². The third-order valence-electron chi connectivity index (χ3n) is 2.91. The minimum atomic E-state index is -4.04. The average molecular weight is 337 g/mol. The Morgan fingerprint density at radius 2 is 1.73 bits per heavy atom. The Hall–Kier alpha value is -0.400. The van der Waals surface area contributed by atoms with Crippen LogP contribution in [0.1, 0.15) is 46.0 Å². The Balaban J connectivity index is 0.00000441. The van der Waals surface area contributed by atoms with E-state index in [-0.39, 0.29) is 40.9 Å². The summed E-state index contributed by atoms with van der Waals surface area (Å²) in [4.78, 5) is 15.7. The van der Waals surface area contributed by atoms with Crippen LogP contribution in [0.2, 0.25) is 0 Å². The number of hydrogen-bond acceptors (Lipinski definition) is 5. The fourth-order valence-corrected chi connectivity index (χ4v) is 2.48. The maximum Gasteiger partial charge on any atom is 0.343 e. The van der Waals surface area contributed by atoms with E-state index in [0.29, 0.717) is 12.3 Å². The van der Waals surface area contributed by atoms with Gasteiger partial charge in [-0.2, -0.15) is 8.42 Å². The molecular weight excluding hydrogens is 315 g/mol. The summed E-state index contributed by atoms with van der Waals surface area (Å²) in [6.07, 6.45) is 3.91. The Morgan fingerprint density at radius 1 is 1.09 bits per heavy atom. The van der Waals surface area contributed by atoms with Crippen LogP contribution in [0.25, 0.3) is 0 Å². The molecule has 5 nitrogen and oxygen atoms in total. The van der Waals surface area contributed by atoms with Gasteiger partial charge in [-0.25, -0.2) is 4.79 Å². The van der Waals surface area contributed by atoms with Crippen molar-refractivity contribution >= 4 is 45.6 Å². The molecular formula is C15H22NaO5S. The van der Waals surface area contributed by atoms with Crippen molar-refractivity contribution in [1.82, 2.24) is 0 Å². The number of hydrogen-bond donors (Lipinski definition) is 0. The predicted molar refractivity (Wildman–Crippen MR) is 84.5 cm³/mol. The quantitative estimate of drug-likeness (QED) is 0.300. The molecule has 0 aliphatic rings. The summed E-state index contributed by atoms with van der Waals surface area (Å²) >= 11 is 0. The minimum Gasteiger partial charge on any atom is -0.281 e. The van der Waals surface area contributed by atoms with Crippen LogP contribution in [0.5, 0.6) is 0 Å². The van der Waals surface area contributed by atoms with E-state index >= 15 is 0 Å². The number of unbranched alkanes of at least 4 members (excludes halogenated alkanes) is 2. The zero-order valence-corrected chi connectivity index (χ0v) is 16.3. The van der Waals surface area contributed by atoms with Crippen molar-refractivity contribution in [1.29, 1.82) is 0 Å². The summed E-state index contributed by atoms with van der Waals surface area (Å²) in [5.41, 5.74) is 0. The van der Waals surface area contributed by atoms with Crippen molar-refractivity contribution in [3.8, 4) is 0 Å². The molecule has 0 bridgehead atoms. The van der Waals surface area contributed by atoms with E-state index in [9.17, 15) is 13.2 Å². The second-order valence-electron chi connectivity index (χ2n) is 5.28. The van der Waals surface area contributed by atoms with Gasteiger partial charge in [0.25, 0.3) is 0 Å². The average Bonchev–Trinajstić information content (AvgIpc) is 2.45. The zero-order valence-electron chi connectivity index (χ0n) is 13.4. The van der Waals surface area contributed by atoms with Gasteiger partial charge in [0.1, 0.15) is 0 Å². The number of benzene rings is 1. The van der Waals surface area contributed by atoms with Gasteiger partial charge in [0.05, 0.1) is 4.90 Å². The van der Waals surface area contributed by atoms with Gasteiger partial charge in [-0.3, -0.25) is 4.89 Å². The first kappa shape index (κ1) is 21.6. The topological polar surface area (TPSA) is 69.7 Å². The Labute approximate surface area is 154 Å². The van der Waals surface area contributed by atoms with Crippen molar-refractivity contribution in [3.05, 3.63) is 30.3 Å². The molecule has 1 rings (SSSR count). The molecule has 0 aliphatic heterocycles. The SMILES string of the molecule is CC(C)CCCCCC(=O)OOS(=O)(=O)c1ccccc1.[Na]. The summed E-state index contributed by atoms with van der Waals surface area (Å²) in [5, 5.41) is 0. The van der Waals surface area contributed by atoms with Gasteiger partial charge in [-0.1, -0.05) is 51.3 Å². The second kappa shape index (κ2) is 11.2. The molecule has 0 saturated heterocycles. The summed E-state index contributed by atoms with van der Waals surface area (Å²) in [6, 6.07) is 7.55. The fourth-order valence-electron chi connectivity index (χ4n) is 1.75. The molecule has 0 heterocycles. The van der Waals surface area contributed by atoms with Gasteiger partial charge in [-0.15, -0.1) is 0 Å². The van der Waals surface area contributed by atoms with E-state index < -0.39 is 16.1 Å². The summed E-state index contributed by atoms with van der Waals surface area (Å²) in [6.45, 7) is 4.30. The molecule has 0 amide bonds. The molecule has 1 aromatic rings. The Bertz CT molecular complexity index is 528. The van der Waals surface area contributed by atoms with E-state index in [0.717, 1.165) is 19.3 Å². The van der Waals surface area contributed by atoms with Gasteiger partial charge in [-0.05, 0) is 28.8 Å². The van der Waals surface area contributed by atoms with Gasteiger partial charge in [0.2, 0.25) is 0 Å². The van der Waals surface area contributed by atoms with Gasteiger partial charge >= 0.3 is 16.1 Å². The van der Waals surface area contributed by atoms with Crippen LogP contribution >= 0.6 is 0 Å². The standard InChI is InChI=1S/C15H22O5S.Na/c1-13(2)9-5-3-8-12-15(16)19-20-21(17,18)14-10-6-4-7-11-14;/h4,6-7,10-11,13H,3,5,8-9,12H2,1-2H3;. The molecule has 0 atom stereocenters. The fraction of sp³-hybridized carbons (Fsp3) is 0.533. The van der Waals surface area contributed by atoms with Crippen molar-refractivity contribution in [3.63, 3.8) is 0 Å². The maximum absolute atomic E-state index is 11.7. The molecule has 0 spiro atoms. The molecule has 0 saturated carbocycles. The van der Waals surface area contributed by atoms with Crippen LogP contribution in [0.4, 0.5) is 0 Å². The van der Waals surface area contributed by atoms with Crippen molar-refractivity contribution in [2.45, 2.75) is 50.8 Å². The van der Waals surface area contributed by atoms with E-state index in [1.165, 1.54) is 12.1 Å². The van der Waals surface area contributed by atoms with Crippen LogP contribution in [0.3, 0.4) is 0 Å². The van der Waals surface area contributed by atoms with Crippen LogP contribution in [-0.2, 0) is 24.1 Å². The number of rotatable bonds is 9. The van der Waals surface area contributed by atoms with Crippen molar-refractivity contribution < 1.29 is 22.4 Å². The van der Waals surface area contributed by atoms with E-state index in [2.05, 4.69) is 23.1 Å². The minimum absolute atomic E-state index is 0. The summed E-state index contributed by atoms with van der Waals surface area (Å²) in [7, 11) is -4.04. The van der Waals surface area contributed by atoms with Gasteiger partial charge in [0, 0.05) is 36.0 Å². The molecule has 22 heavy (non-hydrogen) atoms. The first-order chi connectivity index (χ1) is 9.92. The predicted octanol–water partition coefficient (Wildman–Crippen LogP) is 3.08. The third-order valence-corrected chi connectivity index (χ3v) is 4.01. The third kappa shape index (κ3) is 8.90. The summed E-state index contributed by atoms with van der Waals surface area (Å²) in [5.74, 6) is -0.0182. The van der Waals surface area contributed by atoms with Crippen molar-refractivity contribution in [2.75, 3.05) is 0 Å². The summed E-state index contributed by atoms with van der Waals surface area (Å²) < 4.78 is 27.7. The molecule has 1 radical (unpaired) electrons. The first-order valence-corrected chi connectivity index (χ1v) is 8.51. The Kier molecular flexibility index (Phi) is 11.0. The monoisotopic (exact) mass is 337 g/mol. The van der Waals surface area contributed by atoms with Crippen LogP contribution in [0, 0.1) is 5.92 Å². The largest absolute Gasteiger partial charge is 0.343 e. The molecule has 0 N–H and O–H groups in total. The van der Waals surface area contributed by atoms with Gasteiger partial charge < -0.3 is 0 Å². The van der Waals surface area contributed by atoms with E-state index in [4.69, 9.17) is 0 Å². The normalized spacial score (nSPS) is 11.0.